The Kier molecular flexibility index (Phi) is 5.69. The fourth-order valence-corrected chi connectivity index (χ4v) is 2.63. The fourth-order valence-electron chi connectivity index (χ4n) is 1.88. The maximum Gasteiger partial charge on any atom is 0.244 e. The van der Waals surface area contributed by atoms with Gasteiger partial charge < -0.3 is 10.1 Å². The van der Waals surface area contributed by atoms with Crippen LogP contribution in [0.4, 0.5) is 0 Å². The lowest BCUT2D eigenvalue weighted by atomic mass is 10.2. The summed E-state index contributed by atoms with van der Waals surface area (Å²) in [5.41, 5.74) is 5.99. The lowest BCUT2D eigenvalue weighted by Crippen LogP contribution is -2.48. The zero-order valence-corrected chi connectivity index (χ0v) is 12.9. The Morgan fingerprint density at radius 3 is 3.10 bits per heavy atom. The highest BCUT2D eigenvalue weighted by atomic mass is 32.1. The first kappa shape index (κ1) is 15.1. The van der Waals surface area contributed by atoms with Crippen LogP contribution in [0.15, 0.2) is 5.38 Å². The second kappa shape index (κ2) is 7.51. The molecule has 110 valence electrons. The van der Waals surface area contributed by atoms with Gasteiger partial charge in [0.05, 0.1) is 23.2 Å². The van der Waals surface area contributed by atoms with Crippen molar-refractivity contribution in [1.29, 1.82) is 0 Å². The van der Waals surface area contributed by atoms with Crippen molar-refractivity contribution in [2.75, 3.05) is 13.2 Å². The summed E-state index contributed by atoms with van der Waals surface area (Å²) in [5.74, 6) is -0.170. The van der Waals surface area contributed by atoms with E-state index in [4.69, 9.17) is 17.0 Å². The summed E-state index contributed by atoms with van der Waals surface area (Å²) in [6, 6.07) is 0. The second-order valence-corrected chi connectivity index (χ2v) is 6.02. The van der Waals surface area contributed by atoms with Crippen LogP contribution in [0.1, 0.15) is 23.5 Å². The summed E-state index contributed by atoms with van der Waals surface area (Å²) in [4.78, 5) is 15.9. The molecule has 1 aliphatic rings. The van der Waals surface area contributed by atoms with Crippen molar-refractivity contribution in [2.24, 2.45) is 0 Å². The van der Waals surface area contributed by atoms with Crippen molar-refractivity contribution in [3.63, 3.8) is 0 Å². The molecule has 1 aromatic heterocycles. The van der Waals surface area contributed by atoms with Gasteiger partial charge in [0, 0.05) is 18.5 Å². The van der Waals surface area contributed by atoms with E-state index in [1.54, 1.807) is 0 Å². The van der Waals surface area contributed by atoms with Crippen molar-refractivity contribution in [3.05, 3.63) is 16.1 Å². The average molecular weight is 314 g/mol. The van der Waals surface area contributed by atoms with Crippen LogP contribution in [0.25, 0.3) is 0 Å². The number of amides is 1. The third-order valence-electron chi connectivity index (χ3n) is 2.84. The molecular formula is C12H18N4O2S2. The first-order valence-corrected chi connectivity index (χ1v) is 7.77. The number of nitrogens with zero attached hydrogens (tertiary/aromatic N) is 1. The summed E-state index contributed by atoms with van der Waals surface area (Å²) < 4.78 is 5.47. The first-order valence-electron chi connectivity index (χ1n) is 6.49. The molecule has 2 heterocycles. The topological polar surface area (TPSA) is 75.3 Å². The Labute approximate surface area is 127 Å². The molecule has 2 rings (SSSR count). The van der Waals surface area contributed by atoms with Crippen LogP contribution < -0.4 is 16.2 Å². The van der Waals surface area contributed by atoms with Crippen molar-refractivity contribution in [1.82, 2.24) is 21.2 Å². The lowest BCUT2D eigenvalue weighted by Gasteiger charge is -2.14. The number of rotatable bonds is 4. The Bertz CT molecular complexity index is 472. The number of thiocarbonyl (C=S) groups is 1. The molecule has 1 fully saturated rings. The maximum absolute atomic E-state index is 11.7. The van der Waals surface area contributed by atoms with Gasteiger partial charge in [-0.1, -0.05) is 0 Å². The lowest BCUT2D eigenvalue weighted by molar-refractivity contribution is -0.121. The second-order valence-electron chi connectivity index (χ2n) is 4.55. The van der Waals surface area contributed by atoms with Gasteiger partial charge in [-0.15, -0.1) is 11.3 Å². The van der Waals surface area contributed by atoms with Crippen molar-refractivity contribution < 1.29 is 9.53 Å². The van der Waals surface area contributed by atoms with Crippen LogP contribution >= 0.6 is 23.6 Å². The number of hydrogen-bond acceptors (Lipinski definition) is 5. The molecule has 0 bridgehead atoms. The van der Waals surface area contributed by atoms with E-state index in [1.807, 2.05) is 12.3 Å². The van der Waals surface area contributed by atoms with E-state index in [0.717, 1.165) is 30.2 Å². The van der Waals surface area contributed by atoms with Gasteiger partial charge in [-0.05, 0) is 32.0 Å². The van der Waals surface area contributed by atoms with E-state index < -0.39 is 0 Å². The van der Waals surface area contributed by atoms with E-state index in [0.29, 0.717) is 11.7 Å². The number of carbonyl (C=O) groups excluding carboxylic acids is 1. The molecule has 0 radical (unpaired) electrons. The van der Waals surface area contributed by atoms with E-state index in [9.17, 15) is 4.79 Å². The number of aromatic nitrogens is 1. The Morgan fingerprint density at radius 1 is 1.60 bits per heavy atom. The van der Waals surface area contributed by atoms with Crippen LogP contribution in [0.2, 0.25) is 0 Å². The normalized spacial score (nSPS) is 17.8. The van der Waals surface area contributed by atoms with Gasteiger partial charge in [0.25, 0.3) is 0 Å². The van der Waals surface area contributed by atoms with E-state index >= 15 is 0 Å². The minimum atomic E-state index is -0.170. The zero-order valence-electron chi connectivity index (χ0n) is 11.3. The minimum absolute atomic E-state index is 0.170. The highest BCUT2D eigenvalue weighted by Crippen LogP contribution is 2.10. The van der Waals surface area contributed by atoms with Gasteiger partial charge in [-0.25, -0.2) is 4.98 Å². The highest BCUT2D eigenvalue weighted by molar-refractivity contribution is 7.80. The number of aryl methyl sites for hydroxylation is 1. The molecule has 6 nitrogen and oxygen atoms in total. The SMILES string of the molecule is Cc1nc(CC(=O)NNC(=S)NCC2CCCO2)cs1. The molecule has 0 aromatic carbocycles. The van der Waals surface area contributed by atoms with Crippen molar-refractivity contribution >= 4 is 34.6 Å². The highest BCUT2D eigenvalue weighted by Gasteiger charge is 2.15. The standard InChI is InChI=1S/C12H18N4O2S2/c1-8-14-9(7-20-8)5-11(17)15-16-12(19)13-6-10-3-2-4-18-10/h7,10H,2-6H2,1H3,(H,15,17)(H2,13,16,19). The molecule has 20 heavy (non-hydrogen) atoms. The Morgan fingerprint density at radius 2 is 2.45 bits per heavy atom. The summed E-state index contributed by atoms with van der Waals surface area (Å²) >= 11 is 6.60. The van der Waals surface area contributed by atoms with Crippen LogP contribution in [0.5, 0.6) is 0 Å². The largest absolute Gasteiger partial charge is 0.376 e. The Hall–Kier alpha value is -1.25. The van der Waals surface area contributed by atoms with Gasteiger partial charge in [-0.3, -0.25) is 15.6 Å². The fraction of sp³-hybridized carbons (Fsp3) is 0.583. The summed E-state index contributed by atoms with van der Waals surface area (Å²) in [7, 11) is 0. The molecule has 1 atom stereocenters. The third-order valence-corrected chi connectivity index (χ3v) is 3.91. The smallest absolute Gasteiger partial charge is 0.244 e. The van der Waals surface area contributed by atoms with Gasteiger partial charge in [0.1, 0.15) is 0 Å². The number of ether oxygens (including phenoxy) is 1. The number of hydrogen-bond donors (Lipinski definition) is 3. The molecule has 1 aromatic rings. The van der Waals surface area contributed by atoms with Gasteiger partial charge in [0.15, 0.2) is 5.11 Å². The number of carbonyl (C=O) groups is 1. The molecule has 8 heteroatoms. The molecule has 0 spiro atoms. The molecule has 1 amide bonds. The monoisotopic (exact) mass is 314 g/mol. The molecule has 0 aliphatic carbocycles. The average Bonchev–Trinajstić information content (AvgIpc) is 3.06. The van der Waals surface area contributed by atoms with Crippen molar-refractivity contribution in [2.45, 2.75) is 32.3 Å². The zero-order chi connectivity index (χ0) is 14.4. The molecule has 0 saturated carbocycles. The number of thiazole rings is 1. The molecule has 1 saturated heterocycles. The number of hydrazine groups is 1. The summed E-state index contributed by atoms with van der Waals surface area (Å²) in [6.07, 6.45) is 2.59. The molecule has 1 unspecified atom stereocenters. The Balaban J connectivity index is 1.61. The molecular weight excluding hydrogens is 296 g/mol. The van der Waals surface area contributed by atoms with Crippen LogP contribution in [-0.4, -0.2) is 35.3 Å². The van der Waals surface area contributed by atoms with Crippen molar-refractivity contribution in [3.8, 4) is 0 Å². The molecule has 3 N–H and O–H groups in total. The summed E-state index contributed by atoms with van der Waals surface area (Å²) in [6.45, 7) is 3.39. The van der Waals surface area contributed by atoms with E-state index in [-0.39, 0.29) is 18.4 Å². The quantitative estimate of drug-likeness (QED) is 0.560. The number of nitrogens with one attached hydrogen (secondary N) is 3. The minimum Gasteiger partial charge on any atom is -0.376 e. The van der Waals surface area contributed by atoms with E-state index in [2.05, 4.69) is 21.2 Å². The van der Waals surface area contributed by atoms with Gasteiger partial charge in [0.2, 0.25) is 5.91 Å². The third kappa shape index (κ3) is 5.03. The summed E-state index contributed by atoms with van der Waals surface area (Å²) in [5, 5.41) is 6.24. The van der Waals surface area contributed by atoms with Crippen LogP contribution in [-0.2, 0) is 16.0 Å². The predicted molar refractivity (Wildman–Crippen MR) is 81.4 cm³/mol. The van der Waals surface area contributed by atoms with Crippen LogP contribution in [0, 0.1) is 6.92 Å². The molecule has 1 aliphatic heterocycles. The predicted octanol–water partition coefficient (Wildman–Crippen LogP) is 0.668. The van der Waals surface area contributed by atoms with E-state index in [1.165, 1.54) is 11.3 Å². The van der Waals surface area contributed by atoms with Gasteiger partial charge in [-0.2, -0.15) is 0 Å². The first-order chi connectivity index (χ1) is 9.63. The maximum atomic E-state index is 11.7. The van der Waals surface area contributed by atoms with Crippen LogP contribution in [0.3, 0.4) is 0 Å². The van der Waals surface area contributed by atoms with Gasteiger partial charge >= 0.3 is 0 Å².